The molecule has 0 aliphatic heterocycles. The molecule has 0 aromatic carbocycles. The molecule has 3 rings (SSSR count). The Morgan fingerprint density at radius 2 is 2.09 bits per heavy atom. The highest BCUT2D eigenvalue weighted by Crippen LogP contribution is 2.32. The number of hydrogen-bond donors (Lipinski definition) is 1. The van der Waals surface area contributed by atoms with Gasteiger partial charge in [0.05, 0.1) is 17.9 Å². The first kappa shape index (κ1) is 15.8. The minimum Gasteiger partial charge on any atom is -0.361 e. The number of aromatic nitrogens is 3. The Bertz CT molecular complexity index is 676. The van der Waals surface area contributed by atoms with Gasteiger partial charge in [-0.15, -0.1) is 0 Å². The van der Waals surface area contributed by atoms with Crippen molar-refractivity contribution in [3.63, 3.8) is 0 Å². The van der Waals surface area contributed by atoms with Crippen molar-refractivity contribution in [1.29, 1.82) is 0 Å². The van der Waals surface area contributed by atoms with E-state index in [1.807, 2.05) is 31.6 Å². The first-order valence-corrected chi connectivity index (χ1v) is 8.32. The van der Waals surface area contributed by atoms with Crippen LogP contribution in [0.2, 0.25) is 0 Å². The second-order valence-electron chi connectivity index (χ2n) is 6.41. The lowest BCUT2D eigenvalue weighted by Gasteiger charge is -2.15. The van der Waals surface area contributed by atoms with E-state index in [2.05, 4.69) is 15.6 Å². The highest BCUT2D eigenvalue weighted by atomic mass is 16.5. The van der Waals surface area contributed by atoms with Gasteiger partial charge < -0.3 is 9.84 Å². The van der Waals surface area contributed by atoms with Crippen LogP contribution in [0.3, 0.4) is 0 Å². The zero-order valence-electron chi connectivity index (χ0n) is 14.1. The van der Waals surface area contributed by atoms with Gasteiger partial charge >= 0.3 is 0 Å². The van der Waals surface area contributed by atoms with Crippen LogP contribution in [0.25, 0.3) is 0 Å². The molecule has 0 radical (unpaired) electrons. The summed E-state index contributed by atoms with van der Waals surface area (Å²) >= 11 is 0. The molecule has 1 fully saturated rings. The Hall–Kier alpha value is -2.11. The normalized spacial score (nSPS) is 15.3. The predicted octanol–water partition coefficient (Wildman–Crippen LogP) is 3.48. The Labute approximate surface area is 136 Å². The number of carbonyl (C=O) groups excluding carboxylic acids is 1. The van der Waals surface area contributed by atoms with Crippen LogP contribution in [0.5, 0.6) is 0 Å². The molecule has 6 heteroatoms. The fourth-order valence-corrected chi connectivity index (χ4v) is 3.32. The molecule has 6 nitrogen and oxygen atoms in total. The maximum atomic E-state index is 12.3. The third kappa shape index (κ3) is 3.30. The summed E-state index contributed by atoms with van der Waals surface area (Å²) in [6, 6.07) is 0.418. The summed E-state index contributed by atoms with van der Waals surface area (Å²) < 4.78 is 7.14. The molecule has 0 unspecified atom stereocenters. The highest BCUT2D eigenvalue weighted by Gasteiger charge is 2.22. The molecule has 0 atom stereocenters. The lowest BCUT2D eigenvalue weighted by atomic mass is 10.1. The van der Waals surface area contributed by atoms with E-state index < -0.39 is 0 Å². The second kappa shape index (κ2) is 6.56. The van der Waals surface area contributed by atoms with Gasteiger partial charge in [-0.25, -0.2) is 4.68 Å². The molecule has 1 aliphatic rings. The summed E-state index contributed by atoms with van der Waals surface area (Å²) in [7, 11) is 0. The standard InChI is InChI=1S/C17H24N4O2/c1-11-10-18-21(14-6-4-5-7-14)17(11)19-16(22)9-8-15-12(2)20-23-13(15)3/h10,14H,4-9H2,1-3H3,(H,19,22). The number of aryl methyl sites for hydroxylation is 3. The van der Waals surface area contributed by atoms with Crippen molar-refractivity contribution in [3.8, 4) is 0 Å². The molecule has 0 saturated heterocycles. The molecule has 0 bridgehead atoms. The first-order valence-electron chi connectivity index (χ1n) is 8.32. The minimum absolute atomic E-state index is 0.00727. The highest BCUT2D eigenvalue weighted by molar-refractivity contribution is 5.90. The maximum Gasteiger partial charge on any atom is 0.225 e. The van der Waals surface area contributed by atoms with Gasteiger partial charge in [0.2, 0.25) is 5.91 Å². The molecule has 1 N–H and O–H groups in total. The van der Waals surface area contributed by atoms with Crippen LogP contribution < -0.4 is 5.32 Å². The molecule has 124 valence electrons. The van der Waals surface area contributed by atoms with E-state index in [0.717, 1.165) is 41.2 Å². The average Bonchev–Trinajstić information content (AvgIpc) is 3.22. The SMILES string of the molecule is Cc1cnn(C2CCCC2)c1NC(=O)CCc1c(C)noc1C. The monoisotopic (exact) mass is 316 g/mol. The molecular weight excluding hydrogens is 292 g/mol. The quantitative estimate of drug-likeness (QED) is 0.916. The number of anilines is 1. The number of nitrogens with one attached hydrogen (secondary N) is 1. The second-order valence-corrected chi connectivity index (χ2v) is 6.41. The first-order chi connectivity index (χ1) is 11.1. The Kier molecular flexibility index (Phi) is 4.50. The fourth-order valence-electron chi connectivity index (χ4n) is 3.32. The Morgan fingerprint density at radius 3 is 2.74 bits per heavy atom. The topological polar surface area (TPSA) is 73.0 Å². The van der Waals surface area contributed by atoms with E-state index in [1.165, 1.54) is 12.8 Å². The van der Waals surface area contributed by atoms with Crippen molar-refractivity contribution < 1.29 is 9.32 Å². The van der Waals surface area contributed by atoms with Gasteiger partial charge in [-0.05, 0) is 40.0 Å². The third-order valence-electron chi connectivity index (χ3n) is 4.69. The summed E-state index contributed by atoms with van der Waals surface area (Å²) in [5.41, 5.74) is 2.91. The van der Waals surface area contributed by atoms with Crippen molar-refractivity contribution in [2.24, 2.45) is 0 Å². The van der Waals surface area contributed by atoms with Gasteiger partial charge in [0.1, 0.15) is 11.6 Å². The van der Waals surface area contributed by atoms with E-state index in [-0.39, 0.29) is 5.91 Å². The minimum atomic E-state index is 0.00727. The summed E-state index contributed by atoms with van der Waals surface area (Å²) in [6.45, 7) is 5.78. The van der Waals surface area contributed by atoms with Crippen LogP contribution in [0.1, 0.15) is 60.7 Å². The van der Waals surface area contributed by atoms with Crippen molar-refractivity contribution >= 4 is 11.7 Å². The lowest BCUT2D eigenvalue weighted by molar-refractivity contribution is -0.116. The van der Waals surface area contributed by atoms with Crippen LogP contribution >= 0.6 is 0 Å². The smallest absolute Gasteiger partial charge is 0.225 e. The molecule has 1 saturated carbocycles. The van der Waals surface area contributed by atoms with Gasteiger partial charge in [0.15, 0.2) is 0 Å². The summed E-state index contributed by atoms with van der Waals surface area (Å²) in [5.74, 6) is 1.65. The Morgan fingerprint density at radius 1 is 1.35 bits per heavy atom. The molecule has 1 aliphatic carbocycles. The fraction of sp³-hybridized carbons (Fsp3) is 0.588. The van der Waals surface area contributed by atoms with Crippen molar-refractivity contribution in [1.82, 2.24) is 14.9 Å². The summed E-state index contributed by atoms with van der Waals surface area (Å²) in [4.78, 5) is 12.3. The molecule has 23 heavy (non-hydrogen) atoms. The molecular formula is C17H24N4O2. The Balaban J connectivity index is 1.65. The zero-order chi connectivity index (χ0) is 16.4. The van der Waals surface area contributed by atoms with Crippen LogP contribution in [0.15, 0.2) is 10.7 Å². The summed E-state index contributed by atoms with van der Waals surface area (Å²) in [6.07, 6.45) is 7.65. The number of nitrogens with zero attached hydrogens (tertiary/aromatic N) is 3. The van der Waals surface area contributed by atoms with Crippen molar-refractivity contribution in [2.45, 2.75) is 65.3 Å². The van der Waals surface area contributed by atoms with E-state index in [1.54, 1.807) is 0 Å². The van der Waals surface area contributed by atoms with Gasteiger partial charge in [-0.1, -0.05) is 18.0 Å². The predicted molar refractivity (Wildman–Crippen MR) is 87.4 cm³/mol. The van der Waals surface area contributed by atoms with Crippen LogP contribution in [-0.4, -0.2) is 20.8 Å². The summed E-state index contributed by atoms with van der Waals surface area (Å²) in [5, 5.41) is 11.4. The van der Waals surface area contributed by atoms with Crippen LogP contribution in [0.4, 0.5) is 5.82 Å². The number of hydrogen-bond acceptors (Lipinski definition) is 4. The van der Waals surface area contributed by atoms with E-state index >= 15 is 0 Å². The molecule has 2 aromatic heterocycles. The van der Waals surface area contributed by atoms with E-state index in [0.29, 0.717) is 18.9 Å². The number of rotatable bonds is 5. The van der Waals surface area contributed by atoms with Crippen LogP contribution in [-0.2, 0) is 11.2 Å². The van der Waals surface area contributed by atoms with Crippen molar-refractivity contribution in [3.05, 3.63) is 28.8 Å². The molecule has 0 spiro atoms. The largest absolute Gasteiger partial charge is 0.361 e. The van der Waals surface area contributed by atoms with E-state index in [4.69, 9.17) is 4.52 Å². The lowest BCUT2D eigenvalue weighted by Crippen LogP contribution is -2.18. The number of carbonyl (C=O) groups is 1. The average molecular weight is 316 g/mol. The van der Waals surface area contributed by atoms with Crippen LogP contribution in [0, 0.1) is 20.8 Å². The molecule has 2 heterocycles. The van der Waals surface area contributed by atoms with E-state index in [9.17, 15) is 4.79 Å². The van der Waals surface area contributed by atoms with Gasteiger partial charge in [-0.3, -0.25) is 4.79 Å². The third-order valence-corrected chi connectivity index (χ3v) is 4.69. The maximum absolute atomic E-state index is 12.3. The number of amides is 1. The zero-order valence-corrected chi connectivity index (χ0v) is 14.1. The molecule has 2 aromatic rings. The van der Waals surface area contributed by atoms with Crippen molar-refractivity contribution in [2.75, 3.05) is 5.32 Å². The van der Waals surface area contributed by atoms with Gasteiger partial charge in [0, 0.05) is 17.5 Å². The molecule has 1 amide bonds. The van der Waals surface area contributed by atoms with Gasteiger partial charge in [-0.2, -0.15) is 5.10 Å². The van der Waals surface area contributed by atoms with Gasteiger partial charge in [0.25, 0.3) is 0 Å².